The Morgan fingerprint density at radius 1 is 1.57 bits per heavy atom. The molecule has 1 fully saturated rings. The Morgan fingerprint density at radius 3 is 3.05 bits per heavy atom. The first-order valence-electron chi connectivity index (χ1n) is 7.01. The molecule has 0 aromatic carbocycles. The first-order valence-corrected chi connectivity index (χ1v) is 8.77. The van der Waals surface area contributed by atoms with Gasteiger partial charge in [0.1, 0.15) is 5.82 Å². The van der Waals surface area contributed by atoms with E-state index in [1.165, 1.54) is 24.6 Å². The van der Waals surface area contributed by atoms with Crippen LogP contribution in [0.5, 0.6) is 0 Å². The zero-order valence-corrected chi connectivity index (χ0v) is 13.7. The van der Waals surface area contributed by atoms with E-state index < -0.39 is 0 Å². The van der Waals surface area contributed by atoms with Crippen LogP contribution in [-0.2, 0) is 18.4 Å². The smallest absolute Gasteiger partial charge is 0.233 e. The van der Waals surface area contributed by atoms with E-state index in [2.05, 4.69) is 15.5 Å². The van der Waals surface area contributed by atoms with Crippen molar-refractivity contribution in [1.29, 1.82) is 0 Å². The maximum atomic E-state index is 12.1. The number of carbonyl (C=O) groups is 1. The number of nitrogens with zero attached hydrogens (tertiary/aromatic N) is 3. The number of hydrogen-bond acceptors (Lipinski definition) is 5. The van der Waals surface area contributed by atoms with Crippen LogP contribution >= 0.6 is 23.1 Å². The second-order valence-electron chi connectivity index (χ2n) is 5.23. The van der Waals surface area contributed by atoms with Crippen molar-refractivity contribution in [2.24, 2.45) is 7.05 Å². The summed E-state index contributed by atoms with van der Waals surface area (Å²) in [4.78, 5) is 13.3. The van der Waals surface area contributed by atoms with E-state index in [-0.39, 0.29) is 11.2 Å². The normalized spacial score (nSPS) is 15.9. The maximum Gasteiger partial charge on any atom is 0.233 e. The number of carbonyl (C=O) groups excluding carboxylic acids is 1. The topological polar surface area (TPSA) is 59.8 Å². The van der Waals surface area contributed by atoms with Crippen LogP contribution in [0.3, 0.4) is 0 Å². The van der Waals surface area contributed by atoms with Crippen LogP contribution in [0.4, 0.5) is 0 Å². The number of thioether (sulfide) groups is 1. The van der Waals surface area contributed by atoms with Crippen molar-refractivity contribution in [2.75, 3.05) is 0 Å². The largest absolute Gasteiger partial charge is 0.350 e. The molecular formula is C14H18N4OS2. The van der Waals surface area contributed by atoms with E-state index in [1.54, 1.807) is 11.3 Å². The molecule has 0 radical (unpaired) electrons. The molecule has 2 aromatic rings. The van der Waals surface area contributed by atoms with Crippen LogP contribution in [-0.4, -0.2) is 25.9 Å². The minimum absolute atomic E-state index is 0.0318. The van der Waals surface area contributed by atoms with Crippen LogP contribution in [0.2, 0.25) is 0 Å². The highest BCUT2D eigenvalue weighted by molar-refractivity contribution is 8.00. The van der Waals surface area contributed by atoms with Gasteiger partial charge in [-0.3, -0.25) is 4.79 Å². The Balaban J connectivity index is 1.55. The molecule has 1 N–H and O–H groups in total. The van der Waals surface area contributed by atoms with Crippen molar-refractivity contribution in [3.8, 4) is 0 Å². The lowest BCUT2D eigenvalue weighted by molar-refractivity contribution is -0.120. The lowest BCUT2D eigenvalue weighted by atomic mass is 10.4. The molecule has 1 aliphatic rings. The fourth-order valence-electron chi connectivity index (χ4n) is 2.07. The van der Waals surface area contributed by atoms with E-state index in [1.807, 2.05) is 36.1 Å². The van der Waals surface area contributed by atoms with Crippen LogP contribution in [0.15, 0.2) is 22.7 Å². The van der Waals surface area contributed by atoms with Gasteiger partial charge in [-0.05, 0) is 31.2 Å². The summed E-state index contributed by atoms with van der Waals surface area (Å²) in [6.07, 6.45) is 2.40. The lowest BCUT2D eigenvalue weighted by Gasteiger charge is -2.11. The molecule has 112 valence electrons. The molecule has 1 atom stereocenters. The Kier molecular flexibility index (Phi) is 4.30. The number of hydrogen-bond donors (Lipinski definition) is 1. The summed E-state index contributed by atoms with van der Waals surface area (Å²) in [6.45, 7) is 2.49. The highest BCUT2D eigenvalue weighted by Crippen LogP contribution is 2.39. The molecule has 2 aromatic heterocycles. The molecule has 2 heterocycles. The molecule has 0 unspecified atom stereocenters. The Bertz CT molecular complexity index is 619. The fourth-order valence-corrected chi connectivity index (χ4v) is 3.56. The molecule has 1 amide bonds. The number of amides is 1. The molecule has 7 heteroatoms. The van der Waals surface area contributed by atoms with Gasteiger partial charge >= 0.3 is 0 Å². The molecule has 3 rings (SSSR count). The van der Waals surface area contributed by atoms with Crippen LogP contribution in [0.25, 0.3) is 0 Å². The van der Waals surface area contributed by atoms with Gasteiger partial charge in [0.05, 0.1) is 11.8 Å². The Morgan fingerprint density at radius 2 is 2.38 bits per heavy atom. The summed E-state index contributed by atoms with van der Waals surface area (Å²) in [5.74, 6) is 1.65. The van der Waals surface area contributed by atoms with Gasteiger partial charge < -0.3 is 9.88 Å². The number of nitrogens with one attached hydrogen (secondary N) is 1. The third kappa shape index (κ3) is 3.47. The summed E-state index contributed by atoms with van der Waals surface area (Å²) >= 11 is 3.11. The van der Waals surface area contributed by atoms with E-state index in [0.717, 1.165) is 15.9 Å². The van der Waals surface area contributed by atoms with E-state index in [4.69, 9.17) is 0 Å². The summed E-state index contributed by atoms with van der Waals surface area (Å²) in [6, 6.07) is 4.01. The van der Waals surface area contributed by atoms with Crippen molar-refractivity contribution < 1.29 is 4.79 Å². The van der Waals surface area contributed by atoms with Gasteiger partial charge in [0, 0.05) is 17.8 Å². The van der Waals surface area contributed by atoms with Gasteiger partial charge in [0.15, 0.2) is 5.16 Å². The van der Waals surface area contributed by atoms with Crippen LogP contribution < -0.4 is 5.32 Å². The molecular weight excluding hydrogens is 304 g/mol. The summed E-state index contributed by atoms with van der Waals surface area (Å²) in [7, 11) is 1.98. The zero-order chi connectivity index (χ0) is 14.8. The van der Waals surface area contributed by atoms with Crippen LogP contribution in [0, 0.1) is 0 Å². The predicted octanol–water partition coefficient (Wildman–Crippen LogP) is 2.55. The molecule has 0 spiro atoms. The van der Waals surface area contributed by atoms with Crippen molar-refractivity contribution in [3.05, 3.63) is 28.2 Å². The van der Waals surface area contributed by atoms with Crippen molar-refractivity contribution in [3.63, 3.8) is 0 Å². The minimum atomic E-state index is -0.181. The monoisotopic (exact) mass is 322 g/mol. The Hall–Kier alpha value is -1.34. The van der Waals surface area contributed by atoms with E-state index >= 15 is 0 Å². The third-order valence-corrected chi connectivity index (χ3v) is 5.49. The van der Waals surface area contributed by atoms with Crippen LogP contribution in [0.1, 0.15) is 36.4 Å². The Labute approximate surface area is 132 Å². The molecule has 1 saturated carbocycles. The van der Waals surface area contributed by atoms with E-state index in [0.29, 0.717) is 12.5 Å². The first kappa shape index (κ1) is 14.6. The summed E-state index contributed by atoms with van der Waals surface area (Å²) in [5, 5.41) is 14.1. The molecule has 0 aliphatic heterocycles. The first-order chi connectivity index (χ1) is 10.1. The quantitative estimate of drug-likeness (QED) is 0.830. The number of thiophene rings is 1. The minimum Gasteiger partial charge on any atom is -0.350 e. The number of rotatable bonds is 6. The second kappa shape index (κ2) is 6.19. The predicted molar refractivity (Wildman–Crippen MR) is 84.5 cm³/mol. The van der Waals surface area contributed by atoms with Gasteiger partial charge in [-0.1, -0.05) is 17.8 Å². The van der Waals surface area contributed by atoms with Crippen molar-refractivity contribution in [1.82, 2.24) is 20.1 Å². The standard InChI is InChI=1S/C14H18N4OS2/c1-9(13(19)15-8-11-4-3-7-20-11)21-14-17-16-12(18(14)2)10-5-6-10/h3-4,7,9-10H,5-6,8H2,1-2H3,(H,15,19)/t9-/m1/s1. The highest BCUT2D eigenvalue weighted by Gasteiger charge is 2.30. The SMILES string of the molecule is C[C@@H](Sc1nnc(C2CC2)n1C)C(=O)NCc1cccs1. The molecule has 1 aliphatic carbocycles. The van der Waals surface area contributed by atoms with Gasteiger partial charge in [-0.25, -0.2) is 0 Å². The average Bonchev–Trinajstić information content (AvgIpc) is 3.06. The second-order valence-corrected chi connectivity index (χ2v) is 7.57. The molecule has 21 heavy (non-hydrogen) atoms. The van der Waals surface area contributed by atoms with Crippen molar-refractivity contribution >= 4 is 29.0 Å². The highest BCUT2D eigenvalue weighted by atomic mass is 32.2. The summed E-state index contributed by atoms with van der Waals surface area (Å²) < 4.78 is 2.02. The van der Waals surface area contributed by atoms with E-state index in [9.17, 15) is 4.79 Å². The zero-order valence-electron chi connectivity index (χ0n) is 12.1. The van der Waals surface area contributed by atoms with Gasteiger partial charge in [0.2, 0.25) is 5.91 Å². The maximum absolute atomic E-state index is 12.1. The van der Waals surface area contributed by atoms with Crippen molar-refractivity contribution in [2.45, 2.75) is 42.6 Å². The van der Waals surface area contributed by atoms with Gasteiger partial charge in [-0.15, -0.1) is 21.5 Å². The fraction of sp³-hybridized carbons (Fsp3) is 0.500. The molecule has 0 bridgehead atoms. The molecule has 0 saturated heterocycles. The molecule has 5 nitrogen and oxygen atoms in total. The average molecular weight is 322 g/mol. The third-order valence-electron chi connectivity index (χ3n) is 3.48. The van der Waals surface area contributed by atoms with Gasteiger partial charge in [0.25, 0.3) is 0 Å². The lowest BCUT2D eigenvalue weighted by Crippen LogP contribution is -2.30. The van der Waals surface area contributed by atoms with Gasteiger partial charge in [-0.2, -0.15) is 0 Å². The summed E-state index contributed by atoms with van der Waals surface area (Å²) in [5.41, 5.74) is 0. The number of aromatic nitrogens is 3.